The van der Waals surface area contributed by atoms with Crippen LogP contribution in [0.4, 0.5) is 0 Å². The zero-order valence-corrected chi connectivity index (χ0v) is 10.5. The Labute approximate surface area is 105 Å². The molecule has 0 aliphatic carbocycles. The van der Waals surface area contributed by atoms with Crippen molar-refractivity contribution < 1.29 is 14.6 Å². The van der Waals surface area contributed by atoms with Gasteiger partial charge >= 0.3 is 5.97 Å². The van der Waals surface area contributed by atoms with Gasteiger partial charge in [0.1, 0.15) is 0 Å². The molecule has 0 saturated carbocycles. The molecule has 4 nitrogen and oxygen atoms in total. The third-order valence-electron chi connectivity index (χ3n) is 2.77. The molecular weight excluding hydrogens is 238 g/mol. The summed E-state index contributed by atoms with van der Waals surface area (Å²) in [5, 5.41) is 12.1. The van der Waals surface area contributed by atoms with E-state index in [9.17, 15) is 4.79 Å². The Morgan fingerprint density at radius 1 is 1.53 bits per heavy atom. The van der Waals surface area contributed by atoms with Crippen LogP contribution in [0.15, 0.2) is 12.1 Å². The van der Waals surface area contributed by atoms with Crippen LogP contribution in [0, 0.1) is 0 Å². The lowest BCUT2D eigenvalue weighted by molar-refractivity contribution is -0.136. The van der Waals surface area contributed by atoms with E-state index in [4.69, 9.17) is 9.84 Å². The Bertz CT molecular complexity index is 372. The summed E-state index contributed by atoms with van der Waals surface area (Å²) in [5.41, 5.74) is 0. The molecular formula is C12H17NO3S. The van der Waals surface area contributed by atoms with Gasteiger partial charge in [0.2, 0.25) is 0 Å². The molecule has 5 heteroatoms. The zero-order valence-electron chi connectivity index (χ0n) is 9.65. The van der Waals surface area contributed by atoms with Crippen molar-refractivity contribution in [1.82, 2.24) is 5.32 Å². The third-order valence-corrected chi connectivity index (χ3v) is 3.85. The van der Waals surface area contributed by atoms with Gasteiger partial charge in [-0.15, -0.1) is 11.3 Å². The number of carbonyl (C=O) groups is 1. The topological polar surface area (TPSA) is 58.6 Å². The Hall–Kier alpha value is -0.910. The lowest BCUT2D eigenvalue weighted by atomic mass is 10.1. The summed E-state index contributed by atoms with van der Waals surface area (Å²) in [6.45, 7) is 2.46. The first-order valence-corrected chi connectivity index (χ1v) is 6.66. The Morgan fingerprint density at radius 2 is 2.35 bits per heavy atom. The largest absolute Gasteiger partial charge is 0.481 e. The fraction of sp³-hybridized carbons (Fsp3) is 0.583. The van der Waals surface area contributed by atoms with E-state index in [-0.39, 0.29) is 6.42 Å². The van der Waals surface area contributed by atoms with Crippen LogP contribution in [0.3, 0.4) is 0 Å². The van der Waals surface area contributed by atoms with E-state index in [0.29, 0.717) is 6.04 Å². The van der Waals surface area contributed by atoms with E-state index in [1.165, 1.54) is 4.88 Å². The van der Waals surface area contributed by atoms with Crippen LogP contribution in [0.25, 0.3) is 0 Å². The summed E-state index contributed by atoms with van der Waals surface area (Å²) in [7, 11) is 0. The highest BCUT2D eigenvalue weighted by atomic mass is 32.1. The Balaban J connectivity index is 1.78. The van der Waals surface area contributed by atoms with Crippen molar-refractivity contribution in [3.63, 3.8) is 0 Å². The maximum Gasteiger partial charge on any atom is 0.308 e. The van der Waals surface area contributed by atoms with Gasteiger partial charge in [-0.3, -0.25) is 4.79 Å². The second-order valence-electron chi connectivity index (χ2n) is 4.23. The third kappa shape index (κ3) is 4.11. The van der Waals surface area contributed by atoms with Crippen LogP contribution in [0.2, 0.25) is 0 Å². The summed E-state index contributed by atoms with van der Waals surface area (Å²) in [5.74, 6) is -0.771. The summed E-state index contributed by atoms with van der Waals surface area (Å²) in [4.78, 5) is 12.7. The number of hydrogen-bond acceptors (Lipinski definition) is 4. The lowest BCUT2D eigenvalue weighted by Crippen LogP contribution is -2.36. The van der Waals surface area contributed by atoms with Crippen molar-refractivity contribution in [2.24, 2.45) is 0 Å². The van der Waals surface area contributed by atoms with Gasteiger partial charge in [0.25, 0.3) is 0 Å². The average Bonchev–Trinajstić information content (AvgIpc) is 2.75. The highest BCUT2D eigenvalue weighted by Gasteiger charge is 2.13. The molecule has 1 aromatic rings. The molecule has 1 atom stereocenters. The van der Waals surface area contributed by atoms with Crippen LogP contribution < -0.4 is 5.32 Å². The quantitative estimate of drug-likeness (QED) is 0.840. The van der Waals surface area contributed by atoms with Crippen LogP contribution in [0.1, 0.15) is 22.6 Å². The van der Waals surface area contributed by atoms with Crippen molar-refractivity contribution in [1.29, 1.82) is 0 Å². The summed E-state index contributed by atoms with van der Waals surface area (Å²) < 4.78 is 5.39. The maximum absolute atomic E-state index is 10.6. The van der Waals surface area contributed by atoms with E-state index < -0.39 is 5.97 Å². The number of carboxylic acids is 1. The van der Waals surface area contributed by atoms with Crippen molar-refractivity contribution >= 4 is 17.3 Å². The number of aliphatic carboxylic acids is 1. The predicted octanol–water partition coefficient (Wildman–Crippen LogP) is 1.64. The van der Waals surface area contributed by atoms with E-state index >= 15 is 0 Å². The van der Waals surface area contributed by atoms with Crippen LogP contribution >= 0.6 is 11.3 Å². The molecule has 1 saturated heterocycles. The molecule has 2 heterocycles. The Morgan fingerprint density at radius 3 is 3.06 bits per heavy atom. The fourth-order valence-electron chi connectivity index (χ4n) is 1.91. The van der Waals surface area contributed by atoms with Gasteiger partial charge in [-0.1, -0.05) is 0 Å². The first kappa shape index (κ1) is 12.5. The summed E-state index contributed by atoms with van der Waals surface area (Å²) in [6, 6.07) is 4.33. The Kier molecular flexibility index (Phi) is 4.53. The normalized spacial score (nSPS) is 20.4. The minimum atomic E-state index is -0.771. The molecule has 0 spiro atoms. The van der Waals surface area contributed by atoms with Gasteiger partial charge < -0.3 is 15.2 Å². The van der Waals surface area contributed by atoms with Crippen LogP contribution in [-0.4, -0.2) is 30.3 Å². The van der Waals surface area contributed by atoms with E-state index in [1.54, 1.807) is 11.3 Å². The first-order valence-electron chi connectivity index (χ1n) is 5.84. The lowest BCUT2D eigenvalue weighted by Gasteiger charge is -2.22. The minimum Gasteiger partial charge on any atom is -0.481 e. The summed E-state index contributed by atoms with van der Waals surface area (Å²) in [6.07, 6.45) is 2.40. The van der Waals surface area contributed by atoms with E-state index in [1.807, 2.05) is 12.1 Å². The SMILES string of the molecule is O=C(O)Cc1ccc(CNC2CCCOC2)s1. The van der Waals surface area contributed by atoms with E-state index in [2.05, 4.69) is 5.32 Å². The molecule has 0 amide bonds. The number of rotatable bonds is 5. The number of nitrogens with one attached hydrogen (secondary N) is 1. The molecule has 0 bridgehead atoms. The highest BCUT2D eigenvalue weighted by Crippen LogP contribution is 2.17. The molecule has 1 unspecified atom stereocenters. The molecule has 0 aromatic carbocycles. The fourth-order valence-corrected chi connectivity index (χ4v) is 2.87. The molecule has 0 radical (unpaired) electrons. The molecule has 1 aliphatic rings. The van der Waals surface area contributed by atoms with Gasteiger partial charge in [-0.2, -0.15) is 0 Å². The van der Waals surface area contributed by atoms with Crippen molar-refractivity contribution in [2.45, 2.75) is 31.8 Å². The number of hydrogen-bond donors (Lipinski definition) is 2. The molecule has 94 valence electrons. The van der Waals surface area contributed by atoms with Crippen molar-refractivity contribution in [3.05, 3.63) is 21.9 Å². The van der Waals surface area contributed by atoms with Crippen LogP contribution in [-0.2, 0) is 22.5 Å². The second-order valence-corrected chi connectivity index (χ2v) is 5.49. The van der Waals surface area contributed by atoms with Gasteiger partial charge in [0.05, 0.1) is 13.0 Å². The molecule has 1 fully saturated rings. The summed E-state index contributed by atoms with van der Waals surface area (Å²) >= 11 is 1.57. The minimum absolute atomic E-state index is 0.122. The standard InChI is InChI=1S/C12H17NO3S/c14-12(15)6-10-3-4-11(17-10)7-13-9-2-1-5-16-8-9/h3-4,9,13H,1-2,5-8H2,(H,14,15). The van der Waals surface area contributed by atoms with Crippen molar-refractivity contribution in [3.8, 4) is 0 Å². The molecule has 17 heavy (non-hydrogen) atoms. The monoisotopic (exact) mass is 255 g/mol. The average molecular weight is 255 g/mol. The number of carboxylic acid groups (broad SMARTS) is 1. The molecule has 1 aromatic heterocycles. The highest BCUT2D eigenvalue weighted by molar-refractivity contribution is 7.12. The van der Waals surface area contributed by atoms with Gasteiger partial charge in [-0.25, -0.2) is 0 Å². The first-order chi connectivity index (χ1) is 8.24. The zero-order chi connectivity index (χ0) is 12.1. The molecule has 1 aliphatic heterocycles. The molecule has 2 N–H and O–H groups in total. The number of thiophene rings is 1. The van der Waals surface area contributed by atoms with Crippen LogP contribution in [0.5, 0.6) is 0 Å². The maximum atomic E-state index is 10.6. The smallest absolute Gasteiger partial charge is 0.308 e. The number of ether oxygens (including phenoxy) is 1. The predicted molar refractivity (Wildman–Crippen MR) is 66.3 cm³/mol. The van der Waals surface area contributed by atoms with Gasteiger partial charge in [0.15, 0.2) is 0 Å². The molecule has 2 rings (SSSR count). The van der Waals surface area contributed by atoms with Gasteiger partial charge in [-0.05, 0) is 25.0 Å². The van der Waals surface area contributed by atoms with Crippen molar-refractivity contribution in [2.75, 3.05) is 13.2 Å². The van der Waals surface area contributed by atoms with E-state index in [0.717, 1.165) is 37.5 Å². The second kappa shape index (κ2) is 6.14. The van der Waals surface area contributed by atoms with Gasteiger partial charge in [0, 0.05) is 28.9 Å².